The van der Waals surface area contributed by atoms with Crippen molar-refractivity contribution in [2.75, 3.05) is 12.4 Å². The van der Waals surface area contributed by atoms with E-state index < -0.39 is 17.8 Å². The highest BCUT2D eigenvalue weighted by atomic mass is 16.5. The smallest absolute Gasteiger partial charge is 0.337 e. The first-order valence-corrected chi connectivity index (χ1v) is 8.97. The second-order valence-corrected chi connectivity index (χ2v) is 6.25. The van der Waals surface area contributed by atoms with E-state index in [1.807, 2.05) is 6.07 Å². The second kappa shape index (κ2) is 9.24. The standard InChI is InChI=1S/C23H16N2O6/c1-30-23(29)14-6-8-16(9-7-14)25-21(26)15(13-24)12-17-10-11-20(31-17)18-4-2-3-5-19(18)22(27)28/h2-12H,1H3,(H,25,26)(H,27,28)/b15-12+. The summed E-state index contributed by atoms with van der Waals surface area (Å²) in [7, 11) is 1.27. The maximum atomic E-state index is 12.4. The summed E-state index contributed by atoms with van der Waals surface area (Å²) in [6.45, 7) is 0. The van der Waals surface area contributed by atoms with Crippen molar-refractivity contribution in [2.24, 2.45) is 0 Å². The van der Waals surface area contributed by atoms with Gasteiger partial charge in [-0.25, -0.2) is 9.59 Å². The number of nitrogens with zero attached hydrogens (tertiary/aromatic N) is 1. The number of aromatic carboxylic acids is 1. The molecule has 0 aliphatic rings. The van der Waals surface area contributed by atoms with Gasteiger partial charge in [0, 0.05) is 17.3 Å². The molecule has 0 bridgehead atoms. The molecule has 8 nitrogen and oxygen atoms in total. The molecule has 0 saturated carbocycles. The molecule has 0 aliphatic heterocycles. The average Bonchev–Trinajstić information content (AvgIpc) is 3.25. The number of methoxy groups -OCH3 is 1. The van der Waals surface area contributed by atoms with E-state index in [1.54, 1.807) is 24.3 Å². The summed E-state index contributed by atoms with van der Waals surface area (Å²) in [5, 5.41) is 21.2. The SMILES string of the molecule is COC(=O)c1ccc(NC(=O)/C(C#N)=C/c2ccc(-c3ccccc3C(=O)O)o2)cc1. The molecular weight excluding hydrogens is 400 g/mol. The van der Waals surface area contributed by atoms with Crippen LogP contribution in [0.3, 0.4) is 0 Å². The number of carboxylic acids is 1. The number of anilines is 1. The summed E-state index contributed by atoms with van der Waals surface area (Å²) in [5.41, 5.74) is 0.935. The Morgan fingerprint density at radius 3 is 2.42 bits per heavy atom. The number of esters is 1. The Hall–Kier alpha value is -4.64. The predicted octanol–water partition coefficient (Wildman–Crippen LogP) is 3.98. The number of furan rings is 1. The third-order valence-electron chi connectivity index (χ3n) is 4.27. The van der Waals surface area contributed by atoms with E-state index >= 15 is 0 Å². The zero-order valence-electron chi connectivity index (χ0n) is 16.3. The molecule has 154 valence electrons. The van der Waals surface area contributed by atoms with Crippen molar-refractivity contribution in [1.82, 2.24) is 0 Å². The quantitative estimate of drug-likeness (QED) is 0.353. The van der Waals surface area contributed by atoms with Crippen molar-refractivity contribution in [1.29, 1.82) is 5.26 Å². The Morgan fingerprint density at radius 2 is 1.77 bits per heavy atom. The summed E-state index contributed by atoms with van der Waals surface area (Å²) in [6, 6.07) is 17.2. The summed E-state index contributed by atoms with van der Waals surface area (Å²) < 4.78 is 10.2. The van der Waals surface area contributed by atoms with Gasteiger partial charge in [-0.2, -0.15) is 5.26 Å². The van der Waals surface area contributed by atoms with Crippen LogP contribution in [0.15, 0.2) is 70.7 Å². The lowest BCUT2D eigenvalue weighted by Gasteiger charge is -2.05. The number of amides is 1. The highest BCUT2D eigenvalue weighted by molar-refractivity contribution is 6.09. The van der Waals surface area contributed by atoms with Crippen LogP contribution >= 0.6 is 0 Å². The van der Waals surface area contributed by atoms with E-state index in [0.717, 1.165) is 0 Å². The number of carbonyl (C=O) groups excluding carboxylic acids is 2. The highest BCUT2D eigenvalue weighted by Crippen LogP contribution is 2.27. The largest absolute Gasteiger partial charge is 0.478 e. The van der Waals surface area contributed by atoms with Crippen LogP contribution in [0, 0.1) is 11.3 Å². The topological polar surface area (TPSA) is 130 Å². The number of hydrogen-bond donors (Lipinski definition) is 2. The number of hydrogen-bond acceptors (Lipinski definition) is 6. The Balaban J connectivity index is 1.80. The molecular formula is C23H16N2O6. The van der Waals surface area contributed by atoms with Crippen molar-refractivity contribution >= 4 is 29.6 Å². The minimum absolute atomic E-state index is 0.0704. The number of ether oxygens (including phenoxy) is 1. The molecule has 0 atom stereocenters. The van der Waals surface area contributed by atoms with Crippen LogP contribution in [0.25, 0.3) is 17.4 Å². The van der Waals surface area contributed by atoms with E-state index in [2.05, 4.69) is 10.1 Å². The highest BCUT2D eigenvalue weighted by Gasteiger charge is 2.15. The molecule has 8 heteroatoms. The fourth-order valence-electron chi connectivity index (χ4n) is 2.76. The van der Waals surface area contributed by atoms with Gasteiger partial charge in [0.05, 0.1) is 18.2 Å². The predicted molar refractivity (Wildman–Crippen MR) is 111 cm³/mol. The molecule has 31 heavy (non-hydrogen) atoms. The zero-order valence-corrected chi connectivity index (χ0v) is 16.3. The van der Waals surface area contributed by atoms with E-state index in [9.17, 15) is 24.8 Å². The van der Waals surface area contributed by atoms with Gasteiger partial charge < -0.3 is 19.6 Å². The first-order chi connectivity index (χ1) is 14.9. The molecule has 0 spiro atoms. The third-order valence-corrected chi connectivity index (χ3v) is 4.27. The lowest BCUT2D eigenvalue weighted by molar-refractivity contribution is -0.112. The molecule has 3 rings (SSSR count). The maximum Gasteiger partial charge on any atom is 0.337 e. The fraction of sp³-hybridized carbons (Fsp3) is 0.0435. The minimum atomic E-state index is -1.10. The lowest BCUT2D eigenvalue weighted by Crippen LogP contribution is -2.13. The van der Waals surface area contributed by atoms with E-state index in [-0.39, 0.29) is 16.9 Å². The molecule has 0 saturated heterocycles. The van der Waals surface area contributed by atoms with Crippen LogP contribution < -0.4 is 5.32 Å². The van der Waals surface area contributed by atoms with Crippen molar-refractivity contribution < 1.29 is 28.6 Å². The summed E-state index contributed by atoms with van der Waals surface area (Å²) in [6.07, 6.45) is 1.25. The van der Waals surface area contributed by atoms with Crippen LogP contribution in [0.5, 0.6) is 0 Å². The van der Waals surface area contributed by atoms with Crippen molar-refractivity contribution in [3.05, 3.63) is 83.1 Å². The maximum absolute atomic E-state index is 12.4. The van der Waals surface area contributed by atoms with Gasteiger partial charge in [0.2, 0.25) is 0 Å². The van der Waals surface area contributed by atoms with Crippen molar-refractivity contribution in [3.8, 4) is 17.4 Å². The van der Waals surface area contributed by atoms with Gasteiger partial charge in [-0.15, -0.1) is 0 Å². The van der Waals surface area contributed by atoms with E-state index in [1.165, 1.54) is 49.6 Å². The van der Waals surface area contributed by atoms with Gasteiger partial charge in [0.25, 0.3) is 5.91 Å². The molecule has 0 radical (unpaired) electrons. The Morgan fingerprint density at radius 1 is 1.06 bits per heavy atom. The zero-order chi connectivity index (χ0) is 22.4. The number of rotatable bonds is 6. The van der Waals surface area contributed by atoms with Crippen LogP contribution in [0.2, 0.25) is 0 Å². The number of nitrogens with one attached hydrogen (secondary N) is 1. The molecule has 0 unspecified atom stereocenters. The normalized spacial score (nSPS) is 10.8. The molecule has 2 aromatic carbocycles. The molecule has 0 fully saturated rings. The summed E-state index contributed by atoms with van der Waals surface area (Å²) in [5.74, 6) is -1.77. The fourth-order valence-corrected chi connectivity index (χ4v) is 2.76. The van der Waals surface area contributed by atoms with Crippen LogP contribution in [-0.4, -0.2) is 30.1 Å². The van der Waals surface area contributed by atoms with Gasteiger partial charge in [-0.1, -0.05) is 18.2 Å². The monoisotopic (exact) mass is 416 g/mol. The van der Waals surface area contributed by atoms with Crippen molar-refractivity contribution in [3.63, 3.8) is 0 Å². The first-order valence-electron chi connectivity index (χ1n) is 8.97. The third kappa shape index (κ3) is 4.86. The molecule has 1 heterocycles. The average molecular weight is 416 g/mol. The summed E-state index contributed by atoms with van der Waals surface area (Å²) in [4.78, 5) is 35.3. The number of nitriles is 1. The Labute approximate surface area is 177 Å². The van der Waals surface area contributed by atoms with Gasteiger partial charge in [0.1, 0.15) is 23.2 Å². The number of carboxylic acid groups (broad SMARTS) is 1. The van der Waals surface area contributed by atoms with Crippen LogP contribution in [0.4, 0.5) is 5.69 Å². The summed E-state index contributed by atoms with van der Waals surface area (Å²) >= 11 is 0. The molecule has 1 aromatic heterocycles. The van der Waals surface area contributed by atoms with Gasteiger partial charge in [-0.3, -0.25) is 4.79 Å². The minimum Gasteiger partial charge on any atom is -0.478 e. The number of benzene rings is 2. The number of carbonyl (C=O) groups is 3. The molecule has 2 N–H and O–H groups in total. The molecule has 0 aliphatic carbocycles. The van der Waals surface area contributed by atoms with Gasteiger partial charge >= 0.3 is 11.9 Å². The second-order valence-electron chi connectivity index (χ2n) is 6.25. The Bertz CT molecular complexity index is 1220. The van der Waals surface area contributed by atoms with E-state index in [4.69, 9.17) is 4.42 Å². The lowest BCUT2D eigenvalue weighted by atomic mass is 10.1. The van der Waals surface area contributed by atoms with Gasteiger partial charge in [-0.05, 0) is 42.5 Å². The first kappa shape index (κ1) is 21.1. The van der Waals surface area contributed by atoms with Gasteiger partial charge in [0.15, 0.2) is 0 Å². The van der Waals surface area contributed by atoms with Crippen LogP contribution in [0.1, 0.15) is 26.5 Å². The van der Waals surface area contributed by atoms with E-state index in [0.29, 0.717) is 22.6 Å². The Kier molecular flexibility index (Phi) is 6.28. The molecule has 1 amide bonds. The molecule has 3 aromatic rings. The van der Waals surface area contributed by atoms with Crippen molar-refractivity contribution in [2.45, 2.75) is 0 Å². The van der Waals surface area contributed by atoms with Crippen LogP contribution in [-0.2, 0) is 9.53 Å².